The van der Waals surface area contributed by atoms with Gasteiger partial charge in [-0.2, -0.15) is 0 Å². The van der Waals surface area contributed by atoms with Gasteiger partial charge in [-0.1, -0.05) is 20.3 Å². The molecular formula is C16H29NO. The lowest BCUT2D eigenvalue weighted by Gasteiger charge is -2.22. The van der Waals surface area contributed by atoms with Gasteiger partial charge < -0.3 is 5.73 Å². The number of ketones is 1. The first-order chi connectivity index (χ1) is 8.58. The average Bonchev–Trinajstić information content (AvgIpc) is 2.89. The zero-order chi connectivity index (χ0) is 13.1. The number of carbonyl (C=O) groups is 1. The van der Waals surface area contributed by atoms with Crippen molar-refractivity contribution in [1.82, 2.24) is 0 Å². The molecule has 2 rings (SSSR count). The molecule has 2 N–H and O–H groups in total. The maximum atomic E-state index is 12.2. The van der Waals surface area contributed by atoms with Gasteiger partial charge in [-0.3, -0.25) is 4.79 Å². The van der Waals surface area contributed by atoms with E-state index < -0.39 is 0 Å². The van der Waals surface area contributed by atoms with Crippen molar-refractivity contribution in [3.8, 4) is 0 Å². The Morgan fingerprint density at radius 3 is 2.56 bits per heavy atom. The highest BCUT2D eigenvalue weighted by Gasteiger charge is 2.40. The Hall–Kier alpha value is -0.370. The fourth-order valence-corrected chi connectivity index (χ4v) is 4.25. The lowest BCUT2D eigenvalue weighted by molar-refractivity contribution is -0.121. The second-order valence-corrected chi connectivity index (χ2v) is 7.11. The van der Waals surface area contributed by atoms with Crippen LogP contribution in [0.1, 0.15) is 58.8 Å². The van der Waals surface area contributed by atoms with Crippen LogP contribution in [-0.2, 0) is 4.79 Å². The smallest absolute Gasteiger partial charge is 0.133 e. The molecule has 2 nitrogen and oxygen atoms in total. The molecule has 0 saturated heterocycles. The highest BCUT2D eigenvalue weighted by atomic mass is 16.1. The summed E-state index contributed by atoms with van der Waals surface area (Å²) in [5.41, 5.74) is 5.79. The summed E-state index contributed by atoms with van der Waals surface area (Å²) in [6.07, 6.45) is 8.21. The Morgan fingerprint density at radius 1 is 1.28 bits per heavy atom. The minimum atomic E-state index is 0.413. The molecule has 0 aromatic heterocycles. The van der Waals surface area contributed by atoms with Crippen LogP contribution in [-0.4, -0.2) is 12.3 Å². The largest absolute Gasteiger partial charge is 0.330 e. The lowest BCUT2D eigenvalue weighted by Crippen LogP contribution is -2.22. The summed E-state index contributed by atoms with van der Waals surface area (Å²) in [4.78, 5) is 12.2. The van der Waals surface area contributed by atoms with Crippen molar-refractivity contribution in [3.05, 3.63) is 0 Å². The van der Waals surface area contributed by atoms with E-state index in [1.165, 1.54) is 25.7 Å². The molecular weight excluding hydrogens is 222 g/mol. The molecule has 4 atom stereocenters. The highest BCUT2D eigenvalue weighted by molar-refractivity contribution is 5.79. The third kappa shape index (κ3) is 3.57. The van der Waals surface area contributed by atoms with Gasteiger partial charge in [0.2, 0.25) is 0 Å². The van der Waals surface area contributed by atoms with Crippen LogP contribution in [0.15, 0.2) is 0 Å². The molecule has 0 aromatic carbocycles. The van der Waals surface area contributed by atoms with Crippen LogP contribution < -0.4 is 5.73 Å². The van der Waals surface area contributed by atoms with Gasteiger partial charge in [-0.25, -0.2) is 0 Å². The summed E-state index contributed by atoms with van der Waals surface area (Å²) in [6, 6.07) is 0. The van der Waals surface area contributed by atoms with E-state index in [0.717, 1.165) is 31.1 Å². The molecule has 0 amide bonds. The van der Waals surface area contributed by atoms with E-state index in [1.807, 2.05) is 0 Å². The average molecular weight is 251 g/mol. The summed E-state index contributed by atoms with van der Waals surface area (Å²) in [5.74, 6) is 4.08. The molecule has 0 heterocycles. The van der Waals surface area contributed by atoms with E-state index in [4.69, 9.17) is 5.73 Å². The topological polar surface area (TPSA) is 43.1 Å². The predicted octanol–water partition coefficient (Wildman–Crippen LogP) is 3.39. The number of fused-ring (bicyclic) bond motifs is 2. The van der Waals surface area contributed by atoms with Gasteiger partial charge in [0.1, 0.15) is 5.78 Å². The molecule has 0 radical (unpaired) electrons. The Bertz CT molecular complexity index is 287. The van der Waals surface area contributed by atoms with E-state index in [-0.39, 0.29) is 0 Å². The quantitative estimate of drug-likeness (QED) is 0.753. The number of Topliss-reactive ketones (excluding diaryl/α,β-unsaturated/α-hetero) is 1. The molecule has 2 bridgehead atoms. The summed E-state index contributed by atoms with van der Waals surface area (Å²) in [6.45, 7) is 5.09. The van der Waals surface area contributed by atoms with Crippen molar-refractivity contribution in [1.29, 1.82) is 0 Å². The van der Waals surface area contributed by atoms with Crippen molar-refractivity contribution in [2.75, 3.05) is 6.54 Å². The van der Waals surface area contributed by atoms with E-state index >= 15 is 0 Å². The standard InChI is InChI=1S/C16H29NO/c1-11(2)5-13(10-17)8-16(18)9-15-7-12-3-4-14(15)6-12/h11-15H,3-10,17H2,1-2H3. The second kappa shape index (κ2) is 6.18. The van der Waals surface area contributed by atoms with Crippen molar-refractivity contribution >= 4 is 5.78 Å². The van der Waals surface area contributed by atoms with Gasteiger partial charge >= 0.3 is 0 Å². The molecule has 2 aliphatic rings. The van der Waals surface area contributed by atoms with Gasteiger partial charge in [0.15, 0.2) is 0 Å². The maximum Gasteiger partial charge on any atom is 0.133 e. The van der Waals surface area contributed by atoms with Crippen LogP contribution >= 0.6 is 0 Å². The van der Waals surface area contributed by atoms with Crippen molar-refractivity contribution < 1.29 is 4.79 Å². The van der Waals surface area contributed by atoms with Crippen molar-refractivity contribution in [2.45, 2.75) is 58.8 Å². The van der Waals surface area contributed by atoms with E-state index in [9.17, 15) is 4.79 Å². The third-order valence-corrected chi connectivity index (χ3v) is 5.03. The molecule has 2 aliphatic carbocycles. The Labute approximate surface area is 112 Å². The van der Waals surface area contributed by atoms with Gasteiger partial charge in [0.25, 0.3) is 0 Å². The minimum Gasteiger partial charge on any atom is -0.330 e. The molecule has 2 heteroatoms. The van der Waals surface area contributed by atoms with Crippen LogP contribution in [0, 0.1) is 29.6 Å². The van der Waals surface area contributed by atoms with Gasteiger partial charge in [0.05, 0.1) is 0 Å². The molecule has 4 unspecified atom stereocenters. The third-order valence-electron chi connectivity index (χ3n) is 5.03. The van der Waals surface area contributed by atoms with Crippen LogP contribution in [0.4, 0.5) is 0 Å². The zero-order valence-electron chi connectivity index (χ0n) is 12.0. The Morgan fingerprint density at radius 2 is 2.06 bits per heavy atom. The highest BCUT2D eigenvalue weighted by Crippen LogP contribution is 2.49. The van der Waals surface area contributed by atoms with Crippen LogP contribution in [0.3, 0.4) is 0 Å². The summed E-state index contributed by atoms with van der Waals surface area (Å²) < 4.78 is 0. The van der Waals surface area contributed by atoms with Gasteiger partial charge in [0, 0.05) is 12.8 Å². The zero-order valence-corrected chi connectivity index (χ0v) is 12.0. The molecule has 18 heavy (non-hydrogen) atoms. The second-order valence-electron chi connectivity index (χ2n) is 7.11. The molecule has 0 aliphatic heterocycles. The van der Waals surface area contributed by atoms with Crippen LogP contribution in [0.5, 0.6) is 0 Å². The van der Waals surface area contributed by atoms with Crippen molar-refractivity contribution in [3.63, 3.8) is 0 Å². The fraction of sp³-hybridized carbons (Fsp3) is 0.938. The van der Waals surface area contributed by atoms with E-state index in [1.54, 1.807) is 0 Å². The number of carbonyl (C=O) groups excluding carboxylic acids is 1. The number of rotatable bonds is 7. The molecule has 0 spiro atoms. The molecule has 2 saturated carbocycles. The molecule has 0 aromatic rings. The summed E-state index contributed by atoms with van der Waals surface area (Å²) in [5, 5.41) is 0. The van der Waals surface area contributed by atoms with Gasteiger partial charge in [-0.15, -0.1) is 0 Å². The maximum absolute atomic E-state index is 12.2. The minimum absolute atomic E-state index is 0.413. The van der Waals surface area contributed by atoms with Crippen LogP contribution in [0.2, 0.25) is 0 Å². The predicted molar refractivity (Wildman–Crippen MR) is 75.2 cm³/mol. The Balaban J connectivity index is 1.74. The lowest BCUT2D eigenvalue weighted by atomic mass is 9.83. The number of nitrogens with two attached hydrogens (primary N) is 1. The monoisotopic (exact) mass is 251 g/mol. The molecule has 104 valence electrons. The Kier molecular flexibility index (Phi) is 4.83. The first-order valence-electron chi connectivity index (χ1n) is 7.80. The SMILES string of the molecule is CC(C)CC(CN)CC(=O)CC1CC2CCC1C2. The number of hydrogen-bond donors (Lipinski definition) is 1. The van der Waals surface area contributed by atoms with E-state index in [0.29, 0.717) is 30.1 Å². The summed E-state index contributed by atoms with van der Waals surface area (Å²) >= 11 is 0. The molecule has 2 fully saturated rings. The number of hydrogen-bond acceptors (Lipinski definition) is 2. The summed E-state index contributed by atoms with van der Waals surface area (Å²) in [7, 11) is 0. The fourth-order valence-electron chi connectivity index (χ4n) is 4.25. The normalized spacial score (nSPS) is 32.1. The van der Waals surface area contributed by atoms with Crippen LogP contribution in [0.25, 0.3) is 0 Å². The van der Waals surface area contributed by atoms with E-state index in [2.05, 4.69) is 13.8 Å². The van der Waals surface area contributed by atoms with Crippen molar-refractivity contribution in [2.24, 2.45) is 35.3 Å². The first-order valence-corrected chi connectivity index (χ1v) is 7.80. The van der Waals surface area contributed by atoms with Gasteiger partial charge in [-0.05, 0) is 61.8 Å². The first kappa shape index (κ1) is 14.0.